The van der Waals surface area contributed by atoms with Crippen molar-refractivity contribution in [1.29, 1.82) is 5.26 Å². The Bertz CT molecular complexity index is 1180. The summed E-state index contributed by atoms with van der Waals surface area (Å²) in [6, 6.07) is 13.6. The van der Waals surface area contributed by atoms with Crippen LogP contribution in [0, 0.1) is 17.1 Å². The fourth-order valence-electron chi connectivity index (χ4n) is 3.54. The van der Waals surface area contributed by atoms with Crippen molar-refractivity contribution >= 4 is 0 Å². The molecule has 1 aromatic heterocycles. The summed E-state index contributed by atoms with van der Waals surface area (Å²) >= 11 is 0. The first kappa shape index (κ1) is 16.2. The molecule has 0 amide bonds. The zero-order valence-electron chi connectivity index (χ0n) is 14.4. The Morgan fingerprint density at radius 3 is 2.86 bits per heavy atom. The van der Waals surface area contributed by atoms with Crippen molar-refractivity contribution in [2.24, 2.45) is 5.73 Å². The van der Waals surface area contributed by atoms with Gasteiger partial charge in [-0.3, -0.25) is 5.10 Å². The molecule has 3 N–H and O–H groups in total. The Kier molecular flexibility index (Phi) is 3.49. The lowest BCUT2D eigenvalue weighted by Gasteiger charge is -2.24. The number of hydrogen-bond acceptors (Lipinski definition) is 6. The van der Waals surface area contributed by atoms with Gasteiger partial charge in [-0.1, -0.05) is 12.1 Å². The van der Waals surface area contributed by atoms with Gasteiger partial charge in [0.15, 0.2) is 11.5 Å². The second-order valence-electron chi connectivity index (χ2n) is 6.37. The van der Waals surface area contributed by atoms with Crippen molar-refractivity contribution in [2.75, 3.05) is 6.79 Å². The van der Waals surface area contributed by atoms with Crippen molar-refractivity contribution in [2.45, 2.75) is 5.92 Å². The number of allylic oxidation sites excluding steroid dienone is 1. The molecule has 0 spiro atoms. The standard InChI is InChI=1S/C20H13FN4O3/c21-12-3-1-2-10(6-12)16-13(8-22)19(23)28-20-17(16)18(24-25-20)11-4-5-14-15(7-11)27-9-26-14/h1-7,16H,9,23H2,(H,24,25)/t16-/m0/s1. The molecule has 0 aliphatic carbocycles. The Hall–Kier alpha value is -3.99. The van der Waals surface area contributed by atoms with Crippen molar-refractivity contribution in [3.05, 3.63) is 70.9 Å². The number of nitriles is 1. The number of nitrogens with one attached hydrogen (secondary N) is 1. The number of fused-ring (bicyclic) bond motifs is 2. The van der Waals surface area contributed by atoms with Crippen LogP contribution < -0.4 is 19.9 Å². The predicted molar refractivity (Wildman–Crippen MR) is 95.8 cm³/mol. The number of nitrogens with zero attached hydrogens (tertiary/aromatic N) is 2. The SMILES string of the molecule is N#CC1=C(N)Oc2n[nH]c(-c3ccc4c(c3)OCO4)c2[C@H]1c1cccc(F)c1. The Balaban J connectivity index is 1.71. The highest BCUT2D eigenvalue weighted by Gasteiger charge is 2.36. The molecule has 28 heavy (non-hydrogen) atoms. The average Bonchev–Trinajstić information content (AvgIpc) is 3.32. The minimum atomic E-state index is -0.622. The van der Waals surface area contributed by atoms with E-state index in [1.165, 1.54) is 12.1 Å². The number of aromatic nitrogens is 2. The molecule has 1 atom stereocenters. The molecule has 8 heteroatoms. The van der Waals surface area contributed by atoms with E-state index < -0.39 is 11.7 Å². The molecule has 2 aliphatic heterocycles. The summed E-state index contributed by atoms with van der Waals surface area (Å²) in [4.78, 5) is 0. The van der Waals surface area contributed by atoms with E-state index in [-0.39, 0.29) is 24.1 Å². The van der Waals surface area contributed by atoms with Gasteiger partial charge in [-0.25, -0.2) is 4.39 Å². The van der Waals surface area contributed by atoms with Crippen molar-refractivity contribution < 1.29 is 18.6 Å². The highest BCUT2D eigenvalue weighted by atomic mass is 19.1. The summed E-state index contributed by atoms with van der Waals surface area (Å²) < 4.78 is 30.3. The van der Waals surface area contributed by atoms with Gasteiger partial charge >= 0.3 is 0 Å². The van der Waals surface area contributed by atoms with E-state index in [2.05, 4.69) is 16.3 Å². The summed E-state index contributed by atoms with van der Waals surface area (Å²) in [6.45, 7) is 0.159. The first-order chi connectivity index (χ1) is 13.7. The fraction of sp³-hybridized carbons (Fsp3) is 0.100. The summed E-state index contributed by atoms with van der Waals surface area (Å²) in [5.41, 5.74) is 8.71. The Labute approximate surface area is 158 Å². The largest absolute Gasteiger partial charge is 0.454 e. The lowest BCUT2D eigenvalue weighted by atomic mass is 9.83. The third-order valence-corrected chi connectivity index (χ3v) is 4.78. The molecule has 0 radical (unpaired) electrons. The molecule has 0 bridgehead atoms. The summed E-state index contributed by atoms with van der Waals surface area (Å²) in [6.07, 6.45) is 0. The van der Waals surface area contributed by atoms with Crippen LogP contribution in [0.5, 0.6) is 17.4 Å². The maximum atomic E-state index is 13.9. The maximum Gasteiger partial charge on any atom is 0.244 e. The van der Waals surface area contributed by atoms with Gasteiger partial charge in [-0.2, -0.15) is 5.26 Å². The second kappa shape index (κ2) is 6.03. The molecule has 0 fully saturated rings. The molecule has 0 saturated carbocycles. The topological polar surface area (TPSA) is 106 Å². The normalized spacial score (nSPS) is 17.1. The number of aromatic amines is 1. The van der Waals surface area contributed by atoms with E-state index in [0.29, 0.717) is 28.3 Å². The minimum Gasteiger partial charge on any atom is -0.454 e. The first-order valence-corrected chi connectivity index (χ1v) is 8.47. The molecule has 138 valence electrons. The van der Waals surface area contributed by atoms with E-state index in [9.17, 15) is 9.65 Å². The number of benzene rings is 2. The molecular formula is C20H13FN4O3. The van der Waals surface area contributed by atoms with Crippen LogP contribution in [0.2, 0.25) is 0 Å². The van der Waals surface area contributed by atoms with Crippen LogP contribution in [0.25, 0.3) is 11.3 Å². The van der Waals surface area contributed by atoms with Gasteiger partial charge in [0.25, 0.3) is 0 Å². The molecular weight excluding hydrogens is 363 g/mol. The fourth-order valence-corrected chi connectivity index (χ4v) is 3.54. The number of halogens is 1. The average molecular weight is 376 g/mol. The van der Waals surface area contributed by atoms with Crippen molar-refractivity contribution in [3.8, 4) is 34.7 Å². The van der Waals surface area contributed by atoms with Gasteiger partial charge in [-0.05, 0) is 35.9 Å². The van der Waals surface area contributed by atoms with Crippen LogP contribution in [0.15, 0.2) is 53.9 Å². The number of rotatable bonds is 2. The molecule has 0 unspecified atom stereocenters. The molecule has 2 aliphatic rings. The summed E-state index contributed by atoms with van der Waals surface area (Å²) in [5, 5.41) is 16.8. The molecule has 3 heterocycles. The van der Waals surface area contributed by atoms with Crippen molar-refractivity contribution in [3.63, 3.8) is 0 Å². The van der Waals surface area contributed by atoms with Crippen molar-refractivity contribution in [1.82, 2.24) is 10.2 Å². The number of H-pyrrole nitrogens is 1. The molecule has 7 nitrogen and oxygen atoms in total. The van der Waals surface area contributed by atoms with Gasteiger partial charge in [0.05, 0.1) is 17.2 Å². The highest BCUT2D eigenvalue weighted by Crippen LogP contribution is 2.46. The Morgan fingerprint density at radius 2 is 2.04 bits per heavy atom. The van der Waals surface area contributed by atoms with E-state index >= 15 is 0 Å². The zero-order chi connectivity index (χ0) is 19.3. The molecule has 3 aromatic rings. The van der Waals surface area contributed by atoms with E-state index in [4.69, 9.17) is 19.9 Å². The van der Waals surface area contributed by atoms with E-state index in [1.54, 1.807) is 18.2 Å². The quantitative estimate of drug-likeness (QED) is 0.712. The van der Waals surface area contributed by atoms with Gasteiger partial charge < -0.3 is 19.9 Å². The summed E-state index contributed by atoms with van der Waals surface area (Å²) in [5.74, 6) is 0.428. The van der Waals surface area contributed by atoms with E-state index in [1.807, 2.05) is 12.1 Å². The van der Waals surface area contributed by atoms with Gasteiger partial charge in [0.1, 0.15) is 17.5 Å². The number of ether oxygens (including phenoxy) is 3. The highest BCUT2D eigenvalue weighted by molar-refractivity contribution is 5.73. The molecule has 0 saturated heterocycles. The Morgan fingerprint density at radius 1 is 1.18 bits per heavy atom. The molecule has 2 aromatic carbocycles. The summed E-state index contributed by atoms with van der Waals surface area (Å²) in [7, 11) is 0. The lowest BCUT2D eigenvalue weighted by Crippen LogP contribution is -2.21. The van der Waals surface area contributed by atoms with Crippen LogP contribution in [0.4, 0.5) is 4.39 Å². The molecule has 5 rings (SSSR count). The monoisotopic (exact) mass is 376 g/mol. The lowest BCUT2D eigenvalue weighted by molar-refractivity contribution is 0.174. The van der Waals surface area contributed by atoms with E-state index in [0.717, 1.165) is 5.56 Å². The van der Waals surface area contributed by atoms with Crippen LogP contribution in [0.3, 0.4) is 0 Å². The number of hydrogen-bond donors (Lipinski definition) is 2. The number of nitrogens with two attached hydrogens (primary N) is 1. The first-order valence-electron chi connectivity index (χ1n) is 8.47. The van der Waals surface area contributed by atoms with Gasteiger partial charge in [0.2, 0.25) is 18.6 Å². The predicted octanol–water partition coefficient (Wildman–Crippen LogP) is 3.16. The smallest absolute Gasteiger partial charge is 0.244 e. The minimum absolute atomic E-state index is 0.0482. The third kappa shape index (κ3) is 2.37. The van der Waals surface area contributed by atoms with Crippen LogP contribution >= 0.6 is 0 Å². The van der Waals surface area contributed by atoms with Crippen LogP contribution in [-0.4, -0.2) is 17.0 Å². The van der Waals surface area contributed by atoms with Crippen LogP contribution in [0.1, 0.15) is 17.0 Å². The maximum absolute atomic E-state index is 13.9. The van der Waals surface area contributed by atoms with Crippen LogP contribution in [-0.2, 0) is 0 Å². The third-order valence-electron chi connectivity index (χ3n) is 4.78. The van der Waals surface area contributed by atoms with Gasteiger partial charge in [-0.15, -0.1) is 5.10 Å². The zero-order valence-corrected chi connectivity index (χ0v) is 14.4. The van der Waals surface area contributed by atoms with Gasteiger partial charge in [0, 0.05) is 5.56 Å². The second-order valence-corrected chi connectivity index (χ2v) is 6.37.